The molecule has 4 nitrogen and oxygen atoms in total. The Kier molecular flexibility index (Phi) is 3.39. The van der Waals surface area contributed by atoms with Crippen LogP contribution in [0.2, 0.25) is 0 Å². The summed E-state index contributed by atoms with van der Waals surface area (Å²) in [6, 6.07) is 0.505. The van der Waals surface area contributed by atoms with Crippen LogP contribution >= 0.6 is 0 Å². The van der Waals surface area contributed by atoms with Crippen LogP contribution < -0.4 is 5.32 Å². The predicted molar refractivity (Wildman–Crippen MR) is 70.8 cm³/mol. The van der Waals surface area contributed by atoms with Crippen LogP contribution in [0.4, 0.5) is 0 Å². The Bertz CT molecular complexity index is 419. The molecule has 2 aliphatic rings. The quantitative estimate of drug-likeness (QED) is 0.871. The van der Waals surface area contributed by atoms with Crippen LogP contribution in [0.1, 0.15) is 55.9 Å². The highest BCUT2D eigenvalue weighted by Gasteiger charge is 2.27. The maximum absolute atomic E-state index is 5.67. The smallest absolute Gasteiger partial charge is 0.112 e. The molecule has 0 aliphatic carbocycles. The van der Waals surface area contributed by atoms with Crippen molar-refractivity contribution in [2.24, 2.45) is 0 Å². The van der Waals surface area contributed by atoms with Crippen LogP contribution in [0.25, 0.3) is 0 Å². The molecule has 1 aromatic rings. The molecule has 1 fully saturated rings. The molecule has 1 saturated heterocycles. The first-order chi connectivity index (χ1) is 8.77. The standard InChI is InChI=1S/C14H23N3O/c1-10(2)14-16-12-8-15-6-5-13(12)17(14)11-4-3-7-18-9-11/h10-11,15H,3-9H2,1-2H3. The van der Waals surface area contributed by atoms with Gasteiger partial charge in [-0.3, -0.25) is 0 Å². The summed E-state index contributed by atoms with van der Waals surface area (Å²) in [6.45, 7) is 8.25. The molecule has 3 rings (SSSR count). The van der Waals surface area contributed by atoms with Crippen LogP contribution in [0.3, 0.4) is 0 Å². The lowest BCUT2D eigenvalue weighted by Gasteiger charge is -2.28. The highest BCUT2D eigenvalue weighted by molar-refractivity contribution is 5.23. The minimum absolute atomic E-state index is 0.484. The van der Waals surface area contributed by atoms with Crippen molar-refractivity contribution in [3.8, 4) is 0 Å². The number of aromatic nitrogens is 2. The van der Waals surface area contributed by atoms with Crippen molar-refractivity contribution in [2.75, 3.05) is 19.8 Å². The summed E-state index contributed by atoms with van der Waals surface area (Å²) in [4.78, 5) is 4.87. The Labute approximate surface area is 109 Å². The van der Waals surface area contributed by atoms with Crippen molar-refractivity contribution in [3.05, 3.63) is 17.2 Å². The van der Waals surface area contributed by atoms with Gasteiger partial charge < -0.3 is 14.6 Å². The molecule has 1 atom stereocenters. The highest BCUT2D eigenvalue weighted by atomic mass is 16.5. The van der Waals surface area contributed by atoms with Gasteiger partial charge in [-0.1, -0.05) is 13.8 Å². The second-order valence-electron chi connectivity index (χ2n) is 5.69. The first kappa shape index (κ1) is 12.2. The van der Waals surface area contributed by atoms with E-state index in [9.17, 15) is 0 Å². The van der Waals surface area contributed by atoms with Gasteiger partial charge in [0.05, 0.1) is 18.3 Å². The molecule has 0 saturated carbocycles. The number of fused-ring (bicyclic) bond motifs is 1. The first-order valence-corrected chi connectivity index (χ1v) is 7.15. The lowest BCUT2D eigenvalue weighted by atomic mass is 10.1. The Morgan fingerprint density at radius 3 is 3.06 bits per heavy atom. The SMILES string of the molecule is CC(C)c1nc2c(n1C1CCCOC1)CCNC2. The van der Waals surface area contributed by atoms with Crippen molar-refractivity contribution in [1.82, 2.24) is 14.9 Å². The van der Waals surface area contributed by atoms with E-state index in [1.54, 1.807) is 0 Å². The molecule has 4 heteroatoms. The van der Waals surface area contributed by atoms with Gasteiger partial charge in [0.15, 0.2) is 0 Å². The minimum atomic E-state index is 0.484. The molecule has 1 unspecified atom stereocenters. The zero-order valence-electron chi connectivity index (χ0n) is 11.4. The zero-order chi connectivity index (χ0) is 12.5. The molecule has 3 heterocycles. The zero-order valence-corrected chi connectivity index (χ0v) is 11.4. The van der Waals surface area contributed by atoms with Crippen LogP contribution in [0.15, 0.2) is 0 Å². The molecule has 2 aliphatic heterocycles. The van der Waals surface area contributed by atoms with Gasteiger partial charge >= 0.3 is 0 Å². The van der Waals surface area contributed by atoms with Gasteiger partial charge in [-0.25, -0.2) is 4.98 Å². The van der Waals surface area contributed by atoms with Crippen molar-refractivity contribution >= 4 is 0 Å². The summed E-state index contributed by atoms with van der Waals surface area (Å²) in [5.74, 6) is 1.73. The molecular weight excluding hydrogens is 226 g/mol. The fourth-order valence-corrected chi connectivity index (χ4v) is 3.10. The Balaban J connectivity index is 2.01. The van der Waals surface area contributed by atoms with Gasteiger partial charge in [-0.2, -0.15) is 0 Å². The number of nitrogens with zero attached hydrogens (tertiary/aromatic N) is 2. The highest BCUT2D eigenvalue weighted by Crippen LogP contribution is 2.29. The molecule has 18 heavy (non-hydrogen) atoms. The number of nitrogens with one attached hydrogen (secondary N) is 1. The van der Waals surface area contributed by atoms with Crippen molar-refractivity contribution in [2.45, 2.75) is 51.6 Å². The molecule has 0 radical (unpaired) electrons. The third-order valence-corrected chi connectivity index (χ3v) is 3.97. The average molecular weight is 249 g/mol. The minimum Gasteiger partial charge on any atom is -0.379 e. The largest absolute Gasteiger partial charge is 0.379 e. The summed E-state index contributed by atoms with van der Waals surface area (Å²) < 4.78 is 8.17. The van der Waals surface area contributed by atoms with Gasteiger partial charge in [0.2, 0.25) is 0 Å². The summed E-state index contributed by atoms with van der Waals surface area (Å²) in [5.41, 5.74) is 2.71. The van der Waals surface area contributed by atoms with E-state index in [2.05, 4.69) is 23.7 Å². The molecule has 0 amide bonds. The Morgan fingerprint density at radius 2 is 2.33 bits per heavy atom. The predicted octanol–water partition coefficient (Wildman–Crippen LogP) is 2.00. The van der Waals surface area contributed by atoms with E-state index in [4.69, 9.17) is 9.72 Å². The van der Waals surface area contributed by atoms with Gasteiger partial charge in [0.1, 0.15) is 5.82 Å². The number of rotatable bonds is 2. The molecule has 0 spiro atoms. The van der Waals surface area contributed by atoms with Gasteiger partial charge in [0.25, 0.3) is 0 Å². The van der Waals surface area contributed by atoms with Crippen LogP contribution in [-0.4, -0.2) is 29.3 Å². The van der Waals surface area contributed by atoms with E-state index in [0.717, 1.165) is 32.7 Å². The monoisotopic (exact) mass is 249 g/mol. The maximum atomic E-state index is 5.67. The maximum Gasteiger partial charge on any atom is 0.112 e. The third-order valence-electron chi connectivity index (χ3n) is 3.97. The molecule has 0 aromatic carbocycles. The van der Waals surface area contributed by atoms with E-state index in [-0.39, 0.29) is 0 Å². The fraction of sp³-hybridized carbons (Fsp3) is 0.786. The van der Waals surface area contributed by atoms with E-state index >= 15 is 0 Å². The molecule has 0 bridgehead atoms. The van der Waals surface area contributed by atoms with E-state index in [1.165, 1.54) is 30.1 Å². The lowest BCUT2D eigenvalue weighted by molar-refractivity contribution is 0.0569. The van der Waals surface area contributed by atoms with Crippen LogP contribution in [-0.2, 0) is 17.7 Å². The molecule has 1 N–H and O–H groups in total. The van der Waals surface area contributed by atoms with Crippen LogP contribution in [0, 0.1) is 0 Å². The molecular formula is C14H23N3O. The summed E-state index contributed by atoms with van der Waals surface area (Å²) in [6.07, 6.45) is 3.51. The topological polar surface area (TPSA) is 39.1 Å². The number of hydrogen-bond acceptors (Lipinski definition) is 3. The van der Waals surface area contributed by atoms with Gasteiger partial charge in [-0.15, -0.1) is 0 Å². The third kappa shape index (κ3) is 2.08. The van der Waals surface area contributed by atoms with Crippen molar-refractivity contribution in [3.63, 3.8) is 0 Å². The molecule has 1 aromatic heterocycles. The summed E-state index contributed by atoms with van der Waals surface area (Å²) in [7, 11) is 0. The van der Waals surface area contributed by atoms with E-state index in [1.807, 2.05) is 0 Å². The van der Waals surface area contributed by atoms with Gasteiger partial charge in [-0.05, 0) is 12.8 Å². The van der Waals surface area contributed by atoms with Crippen molar-refractivity contribution in [1.29, 1.82) is 0 Å². The normalized spacial score (nSPS) is 24.3. The number of ether oxygens (including phenoxy) is 1. The molecule has 100 valence electrons. The van der Waals surface area contributed by atoms with Crippen molar-refractivity contribution < 1.29 is 4.74 Å². The van der Waals surface area contributed by atoms with E-state index < -0.39 is 0 Å². The lowest BCUT2D eigenvalue weighted by Crippen LogP contribution is -2.29. The fourth-order valence-electron chi connectivity index (χ4n) is 3.10. The van der Waals surface area contributed by atoms with Crippen LogP contribution in [0.5, 0.6) is 0 Å². The average Bonchev–Trinajstić information content (AvgIpc) is 2.79. The Morgan fingerprint density at radius 1 is 1.44 bits per heavy atom. The van der Waals surface area contributed by atoms with Gasteiger partial charge in [0, 0.05) is 37.7 Å². The van der Waals surface area contributed by atoms with E-state index in [0.29, 0.717) is 12.0 Å². The summed E-state index contributed by atoms with van der Waals surface area (Å²) in [5, 5.41) is 3.42. The first-order valence-electron chi connectivity index (χ1n) is 7.15. The second-order valence-corrected chi connectivity index (χ2v) is 5.69. The second kappa shape index (κ2) is 5.02. The number of imidazole rings is 1. The summed E-state index contributed by atoms with van der Waals surface area (Å²) >= 11 is 0. The number of hydrogen-bond donors (Lipinski definition) is 1. The Hall–Kier alpha value is -0.870.